The summed E-state index contributed by atoms with van der Waals surface area (Å²) in [4.78, 5) is 30.4. The number of allylic oxidation sites excluding steroid dienone is 1. The zero-order chi connectivity index (χ0) is 15.4. The van der Waals surface area contributed by atoms with Crippen molar-refractivity contribution >= 4 is 28.0 Å². The van der Waals surface area contributed by atoms with Crippen LogP contribution in [0.3, 0.4) is 0 Å². The number of carbonyl (C=O) groups is 2. The Labute approximate surface area is 126 Å². The molecule has 0 aliphatic heterocycles. The second kappa shape index (κ2) is 4.31. The quantitative estimate of drug-likeness (QED) is 0.675. The Morgan fingerprint density at radius 3 is 2.55 bits per heavy atom. The van der Waals surface area contributed by atoms with Crippen LogP contribution < -0.4 is 0 Å². The molecule has 4 nitrogen and oxygen atoms in total. The van der Waals surface area contributed by atoms with Crippen LogP contribution >= 0.6 is 0 Å². The lowest BCUT2D eigenvalue weighted by molar-refractivity contribution is -0.111. The number of benzene rings is 1. The summed E-state index contributed by atoms with van der Waals surface area (Å²) in [5.74, 6) is -0.956. The largest absolute Gasteiger partial charge is 0.358 e. The molecule has 22 heavy (non-hydrogen) atoms. The third-order valence-corrected chi connectivity index (χ3v) is 4.31. The van der Waals surface area contributed by atoms with E-state index in [9.17, 15) is 9.59 Å². The standard InChI is InChI=1S/C18H14N2O2/c1-9-8-19-17-15(9)12(7-14(21)18(17)22)16-10(2)11-5-3-4-6-13(11)20-16/h3-8,19-20H,1-2H3. The average molecular weight is 290 g/mol. The minimum absolute atomic E-state index is 0.387. The highest BCUT2D eigenvalue weighted by Gasteiger charge is 2.30. The summed E-state index contributed by atoms with van der Waals surface area (Å²) >= 11 is 0. The third kappa shape index (κ3) is 1.58. The van der Waals surface area contributed by atoms with E-state index in [1.807, 2.05) is 38.1 Å². The molecule has 0 spiro atoms. The van der Waals surface area contributed by atoms with Crippen molar-refractivity contribution in [2.45, 2.75) is 13.8 Å². The molecule has 0 radical (unpaired) electrons. The first-order chi connectivity index (χ1) is 10.6. The van der Waals surface area contributed by atoms with E-state index in [0.29, 0.717) is 5.69 Å². The molecule has 4 heteroatoms. The Kier molecular flexibility index (Phi) is 2.51. The van der Waals surface area contributed by atoms with Crippen molar-refractivity contribution < 1.29 is 9.59 Å². The molecule has 0 saturated heterocycles. The SMILES string of the molecule is Cc1c[nH]c2c1C(c1[nH]c3ccccc3c1C)=CC(=O)C2=O. The van der Waals surface area contributed by atoms with Crippen molar-refractivity contribution in [3.8, 4) is 0 Å². The van der Waals surface area contributed by atoms with E-state index in [4.69, 9.17) is 0 Å². The fourth-order valence-corrected chi connectivity index (χ4v) is 3.19. The van der Waals surface area contributed by atoms with Gasteiger partial charge in [0, 0.05) is 28.2 Å². The Balaban J connectivity index is 2.04. The van der Waals surface area contributed by atoms with Crippen molar-refractivity contribution in [1.82, 2.24) is 9.97 Å². The summed E-state index contributed by atoms with van der Waals surface area (Å²) in [6, 6.07) is 8.02. The molecule has 0 amide bonds. The van der Waals surface area contributed by atoms with Gasteiger partial charge in [-0.15, -0.1) is 0 Å². The number of aromatic nitrogens is 2. The second-order valence-electron chi connectivity index (χ2n) is 5.64. The zero-order valence-corrected chi connectivity index (χ0v) is 12.3. The summed E-state index contributed by atoms with van der Waals surface area (Å²) in [6.45, 7) is 3.96. The molecule has 1 aliphatic rings. The number of carbonyl (C=O) groups excluding carboxylic acids is 2. The Bertz CT molecular complexity index is 986. The number of H-pyrrole nitrogens is 2. The lowest BCUT2D eigenvalue weighted by Crippen LogP contribution is -2.19. The number of rotatable bonds is 1. The highest BCUT2D eigenvalue weighted by atomic mass is 16.2. The number of ketones is 2. The lowest BCUT2D eigenvalue weighted by atomic mass is 9.89. The fourth-order valence-electron chi connectivity index (χ4n) is 3.19. The zero-order valence-electron chi connectivity index (χ0n) is 12.3. The maximum absolute atomic E-state index is 12.0. The predicted molar refractivity (Wildman–Crippen MR) is 85.0 cm³/mol. The molecular formula is C18H14N2O2. The van der Waals surface area contributed by atoms with E-state index in [2.05, 4.69) is 9.97 Å². The smallest absolute Gasteiger partial charge is 0.249 e. The molecule has 0 saturated carbocycles. The van der Waals surface area contributed by atoms with Gasteiger partial charge in [-0.05, 0) is 37.1 Å². The summed E-state index contributed by atoms with van der Waals surface area (Å²) < 4.78 is 0. The van der Waals surface area contributed by atoms with Crippen LogP contribution in [-0.2, 0) is 4.79 Å². The van der Waals surface area contributed by atoms with Crippen LogP contribution in [0.4, 0.5) is 0 Å². The van der Waals surface area contributed by atoms with Gasteiger partial charge in [-0.2, -0.15) is 0 Å². The summed E-state index contributed by atoms with van der Waals surface area (Å²) in [6.07, 6.45) is 3.22. The van der Waals surface area contributed by atoms with E-state index in [1.54, 1.807) is 6.20 Å². The van der Waals surface area contributed by atoms with Crippen LogP contribution in [0.25, 0.3) is 16.5 Å². The number of aromatic amines is 2. The Morgan fingerprint density at radius 1 is 1.00 bits per heavy atom. The number of para-hydroxylation sites is 1. The number of fused-ring (bicyclic) bond motifs is 2. The van der Waals surface area contributed by atoms with Gasteiger partial charge in [-0.25, -0.2) is 0 Å². The number of aryl methyl sites for hydroxylation is 2. The minimum atomic E-state index is -0.484. The number of hydrogen-bond donors (Lipinski definition) is 2. The van der Waals surface area contributed by atoms with Gasteiger partial charge < -0.3 is 9.97 Å². The molecule has 1 aromatic carbocycles. The topological polar surface area (TPSA) is 65.7 Å². The van der Waals surface area contributed by atoms with E-state index in [-0.39, 0.29) is 0 Å². The van der Waals surface area contributed by atoms with Crippen LogP contribution in [0.15, 0.2) is 36.5 Å². The van der Waals surface area contributed by atoms with Gasteiger partial charge in [-0.3, -0.25) is 9.59 Å². The summed E-state index contributed by atoms with van der Waals surface area (Å²) in [7, 11) is 0. The average Bonchev–Trinajstić information content (AvgIpc) is 3.05. The Hall–Kier alpha value is -2.88. The maximum atomic E-state index is 12.0. The molecule has 2 aromatic heterocycles. The van der Waals surface area contributed by atoms with Gasteiger partial charge in [-0.1, -0.05) is 18.2 Å². The van der Waals surface area contributed by atoms with Crippen molar-refractivity contribution in [3.05, 3.63) is 64.6 Å². The molecule has 0 unspecified atom stereocenters. The van der Waals surface area contributed by atoms with E-state index >= 15 is 0 Å². The monoisotopic (exact) mass is 290 g/mol. The molecule has 1 aliphatic carbocycles. The lowest BCUT2D eigenvalue weighted by Gasteiger charge is -2.13. The van der Waals surface area contributed by atoms with Crippen LogP contribution in [0.1, 0.15) is 32.9 Å². The van der Waals surface area contributed by atoms with Gasteiger partial charge in [0.2, 0.25) is 11.6 Å². The highest BCUT2D eigenvalue weighted by molar-refractivity contribution is 6.50. The normalized spacial score (nSPS) is 14.4. The van der Waals surface area contributed by atoms with Crippen molar-refractivity contribution in [1.29, 1.82) is 0 Å². The number of hydrogen-bond acceptors (Lipinski definition) is 2. The van der Waals surface area contributed by atoms with Crippen LogP contribution in [0, 0.1) is 13.8 Å². The van der Waals surface area contributed by atoms with E-state index in [1.165, 1.54) is 6.08 Å². The van der Waals surface area contributed by atoms with Crippen LogP contribution in [0.2, 0.25) is 0 Å². The first-order valence-electron chi connectivity index (χ1n) is 7.14. The van der Waals surface area contributed by atoms with Crippen molar-refractivity contribution in [3.63, 3.8) is 0 Å². The molecule has 108 valence electrons. The first kappa shape index (κ1) is 12.8. The van der Waals surface area contributed by atoms with Crippen LogP contribution in [-0.4, -0.2) is 21.5 Å². The van der Waals surface area contributed by atoms with E-state index in [0.717, 1.165) is 38.9 Å². The molecular weight excluding hydrogens is 276 g/mol. The molecule has 2 N–H and O–H groups in total. The Morgan fingerprint density at radius 2 is 1.77 bits per heavy atom. The maximum Gasteiger partial charge on any atom is 0.249 e. The number of Topliss-reactive ketones (excluding diaryl/α,β-unsaturated/α-hetero) is 1. The summed E-state index contributed by atoms with van der Waals surface area (Å²) in [5.41, 5.74) is 5.95. The highest BCUT2D eigenvalue weighted by Crippen LogP contribution is 2.36. The number of nitrogens with one attached hydrogen (secondary N) is 2. The summed E-state index contributed by atoms with van der Waals surface area (Å²) in [5, 5.41) is 1.12. The van der Waals surface area contributed by atoms with Crippen LogP contribution in [0.5, 0.6) is 0 Å². The molecule has 0 atom stereocenters. The molecule has 4 rings (SSSR count). The van der Waals surface area contributed by atoms with Gasteiger partial charge in [0.05, 0.1) is 11.4 Å². The second-order valence-corrected chi connectivity index (χ2v) is 5.64. The molecule has 2 heterocycles. The molecule has 0 fully saturated rings. The molecule has 3 aromatic rings. The predicted octanol–water partition coefficient (Wildman–Crippen LogP) is 3.31. The van der Waals surface area contributed by atoms with Gasteiger partial charge in [0.15, 0.2) is 0 Å². The first-order valence-corrected chi connectivity index (χ1v) is 7.14. The molecule has 0 bridgehead atoms. The van der Waals surface area contributed by atoms with Crippen molar-refractivity contribution in [2.75, 3.05) is 0 Å². The van der Waals surface area contributed by atoms with Gasteiger partial charge in [0.1, 0.15) is 0 Å². The van der Waals surface area contributed by atoms with Gasteiger partial charge in [0.25, 0.3) is 0 Å². The van der Waals surface area contributed by atoms with Gasteiger partial charge >= 0.3 is 0 Å². The van der Waals surface area contributed by atoms with Crippen molar-refractivity contribution in [2.24, 2.45) is 0 Å². The third-order valence-electron chi connectivity index (χ3n) is 4.31. The fraction of sp³-hybridized carbons (Fsp3) is 0.111. The minimum Gasteiger partial charge on any atom is -0.358 e. The van der Waals surface area contributed by atoms with E-state index < -0.39 is 11.6 Å².